The number of nitrogens with zero attached hydrogens (tertiary/aromatic N) is 4. The van der Waals surface area contributed by atoms with Gasteiger partial charge in [0.25, 0.3) is 5.91 Å². The molecule has 1 saturated heterocycles. The minimum atomic E-state index is -4.42. The number of hydrogen-bond acceptors (Lipinski definition) is 5. The molecule has 10 heteroatoms. The second kappa shape index (κ2) is 10.1. The maximum atomic E-state index is 13.7. The minimum Gasteiger partial charge on any atom is -0.444 e. The zero-order chi connectivity index (χ0) is 26.1. The highest BCUT2D eigenvalue weighted by molar-refractivity contribution is 5.88. The fourth-order valence-corrected chi connectivity index (χ4v) is 4.25. The maximum Gasteiger partial charge on any atom is 0.416 e. The van der Waals surface area contributed by atoms with Crippen molar-refractivity contribution in [2.45, 2.75) is 59.4 Å². The first kappa shape index (κ1) is 26.8. The molecule has 0 spiro atoms. The van der Waals surface area contributed by atoms with Crippen LogP contribution in [0.1, 0.15) is 47.1 Å². The highest BCUT2D eigenvalue weighted by atomic mass is 19.4. The number of halogens is 3. The van der Waals surface area contributed by atoms with Crippen molar-refractivity contribution in [1.29, 1.82) is 0 Å². The molecule has 7 nitrogen and oxygen atoms in total. The van der Waals surface area contributed by atoms with Gasteiger partial charge in [-0.1, -0.05) is 13.8 Å². The van der Waals surface area contributed by atoms with Crippen LogP contribution in [0.4, 0.5) is 23.7 Å². The summed E-state index contributed by atoms with van der Waals surface area (Å²) in [5.74, 6) is 0.0108. The number of anilines is 1. The van der Waals surface area contributed by atoms with Crippen molar-refractivity contribution in [3.05, 3.63) is 41.6 Å². The van der Waals surface area contributed by atoms with E-state index in [9.17, 15) is 22.8 Å². The Morgan fingerprint density at radius 2 is 1.63 bits per heavy atom. The smallest absolute Gasteiger partial charge is 0.416 e. The molecule has 3 rings (SSSR count). The summed E-state index contributed by atoms with van der Waals surface area (Å²) in [5, 5.41) is 3.25. The number of hydrazine groups is 1. The van der Waals surface area contributed by atoms with E-state index in [1.807, 2.05) is 52.6 Å². The molecule has 1 aromatic carbocycles. The monoisotopic (exact) mass is 496 g/mol. The lowest BCUT2D eigenvalue weighted by Crippen LogP contribution is -2.61. The maximum absolute atomic E-state index is 13.7. The second-order valence-corrected chi connectivity index (χ2v) is 10.5. The van der Waals surface area contributed by atoms with Gasteiger partial charge in [-0.2, -0.15) is 13.2 Å². The number of rotatable bonds is 4. The molecule has 0 aromatic heterocycles. The van der Waals surface area contributed by atoms with Crippen molar-refractivity contribution in [2.75, 3.05) is 37.7 Å². The third-order valence-electron chi connectivity index (χ3n) is 5.83. The number of piperazine rings is 1. The van der Waals surface area contributed by atoms with Crippen molar-refractivity contribution in [3.63, 3.8) is 0 Å². The molecular weight excluding hydrogens is 461 g/mol. The van der Waals surface area contributed by atoms with Crippen LogP contribution in [-0.2, 0) is 15.7 Å². The molecule has 0 aliphatic carbocycles. The summed E-state index contributed by atoms with van der Waals surface area (Å²) < 4.78 is 44.5. The summed E-state index contributed by atoms with van der Waals surface area (Å²) >= 11 is 0. The van der Waals surface area contributed by atoms with Gasteiger partial charge in [-0.3, -0.25) is 14.7 Å². The van der Waals surface area contributed by atoms with Gasteiger partial charge in [0.1, 0.15) is 11.6 Å². The SMILES string of the molecule is CC1=CN(c2ccc(C(F)(F)F)cc2)N(CC(C)C)C(=O)C1N1CCN(C(=O)OC(C)(C)C)CC1. The van der Waals surface area contributed by atoms with E-state index in [2.05, 4.69) is 0 Å². The summed E-state index contributed by atoms with van der Waals surface area (Å²) in [6.45, 7) is 13.6. The molecule has 2 heterocycles. The van der Waals surface area contributed by atoms with Crippen molar-refractivity contribution in [3.8, 4) is 0 Å². The molecule has 2 aliphatic rings. The summed E-state index contributed by atoms with van der Waals surface area (Å²) in [5.41, 5.74) is -0.0342. The molecule has 0 radical (unpaired) electrons. The molecule has 1 unspecified atom stereocenters. The zero-order valence-corrected chi connectivity index (χ0v) is 21.2. The standard InChI is InChI=1S/C25H35F3N4O3/c1-17(2)15-32-22(33)21(29-11-13-30(14-12-29)23(34)35-24(4,5)6)18(3)16-31(32)20-9-7-19(8-10-20)25(26,27)28/h7-10,16-17,21H,11-15H2,1-6H3. The second-order valence-electron chi connectivity index (χ2n) is 10.5. The van der Waals surface area contributed by atoms with E-state index >= 15 is 0 Å². The first-order valence-electron chi connectivity index (χ1n) is 11.9. The van der Waals surface area contributed by atoms with Crippen LogP contribution in [0.3, 0.4) is 0 Å². The van der Waals surface area contributed by atoms with Crippen LogP contribution in [-0.4, -0.2) is 71.2 Å². The minimum absolute atomic E-state index is 0.135. The van der Waals surface area contributed by atoms with Gasteiger partial charge in [0, 0.05) is 38.9 Å². The largest absolute Gasteiger partial charge is 0.444 e. The molecule has 194 valence electrons. The number of amides is 2. The van der Waals surface area contributed by atoms with Crippen LogP contribution < -0.4 is 5.01 Å². The Labute approximate surface area is 205 Å². The first-order valence-corrected chi connectivity index (χ1v) is 11.9. The quantitative estimate of drug-likeness (QED) is 0.602. The molecule has 0 saturated carbocycles. The lowest BCUT2D eigenvalue weighted by Gasteiger charge is -2.46. The van der Waals surface area contributed by atoms with E-state index in [4.69, 9.17) is 4.74 Å². The first-order chi connectivity index (χ1) is 16.2. The molecular formula is C25H35F3N4O3. The number of alkyl halides is 3. The van der Waals surface area contributed by atoms with Crippen molar-refractivity contribution in [1.82, 2.24) is 14.8 Å². The lowest BCUT2D eigenvalue weighted by molar-refractivity contribution is -0.138. The molecule has 0 N–H and O–H groups in total. The third-order valence-corrected chi connectivity index (χ3v) is 5.83. The van der Waals surface area contributed by atoms with Crippen molar-refractivity contribution in [2.24, 2.45) is 5.92 Å². The van der Waals surface area contributed by atoms with Gasteiger partial charge in [-0.25, -0.2) is 9.80 Å². The van der Waals surface area contributed by atoms with Gasteiger partial charge in [0.15, 0.2) is 0 Å². The summed E-state index contributed by atoms with van der Waals surface area (Å²) in [6, 6.07) is 4.32. The van der Waals surface area contributed by atoms with Crippen LogP contribution in [0, 0.1) is 5.92 Å². The summed E-state index contributed by atoms with van der Waals surface area (Å²) in [7, 11) is 0. The number of hydrogen-bond donors (Lipinski definition) is 0. The third kappa shape index (κ3) is 6.48. The topological polar surface area (TPSA) is 56.3 Å². The molecule has 1 aromatic rings. The van der Waals surface area contributed by atoms with E-state index in [-0.39, 0.29) is 17.9 Å². The molecule has 1 fully saturated rings. The van der Waals surface area contributed by atoms with E-state index in [1.54, 1.807) is 14.9 Å². The highest BCUT2D eigenvalue weighted by Gasteiger charge is 2.40. The van der Waals surface area contributed by atoms with Crippen LogP contribution in [0.25, 0.3) is 0 Å². The fraction of sp³-hybridized carbons (Fsp3) is 0.600. The van der Waals surface area contributed by atoms with Gasteiger partial charge < -0.3 is 9.64 Å². The van der Waals surface area contributed by atoms with Crippen LogP contribution in [0.5, 0.6) is 0 Å². The Morgan fingerprint density at radius 1 is 1.06 bits per heavy atom. The predicted molar refractivity (Wildman–Crippen MR) is 127 cm³/mol. The number of benzene rings is 1. The molecule has 2 amide bonds. The molecule has 2 aliphatic heterocycles. The summed E-state index contributed by atoms with van der Waals surface area (Å²) in [6.07, 6.45) is -2.97. The predicted octanol–water partition coefficient (Wildman–Crippen LogP) is 4.75. The van der Waals surface area contributed by atoms with Gasteiger partial charge in [-0.15, -0.1) is 0 Å². The fourth-order valence-electron chi connectivity index (χ4n) is 4.25. The summed E-state index contributed by atoms with van der Waals surface area (Å²) in [4.78, 5) is 29.8. The Bertz CT molecular complexity index is 946. The van der Waals surface area contributed by atoms with E-state index in [1.165, 1.54) is 12.1 Å². The van der Waals surface area contributed by atoms with Gasteiger partial charge in [0.2, 0.25) is 0 Å². The molecule has 0 bridgehead atoms. The van der Waals surface area contributed by atoms with Crippen LogP contribution >= 0.6 is 0 Å². The van der Waals surface area contributed by atoms with E-state index in [0.29, 0.717) is 38.4 Å². The normalized spacial score (nSPS) is 20.4. The van der Waals surface area contributed by atoms with Crippen LogP contribution in [0.15, 0.2) is 36.0 Å². The number of carbonyl (C=O) groups is 2. The van der Waals surface area contributed by atoms with E-state index in [0.717, 1.165) is 17.7 Å². The van der Waals surface area contributed by atoms with Gasteiger partial charge >= 0.3 is 12.3 Å². The van der Waals surface area contributed by atoms with Crippen molar-refractivity contribution < 1.29 is 27.5 Å². The Hall–Kier alpha value is -2.75. The molecule has 1 atom stereocenters. The number of carbonyl (C=O) groups excluding carboxylic acids is 2. The Balaban J connectivity index is 1.80. The van der Waals surface area contributed by atoms with E-state index < -0.39 is 23.4 Å². The average Bonchev–Trinajstić information content (AvgIpc) is 2.74. The number of ether oxygens (including phenoxy) is 1. The molecule has 35 heavy (non-hydrogen) atoms. The zero-order valence-electron chi connectivity index (χ0n) is 21.2. The lowest BCUT2D eigenvalue weighted by atomic mass is 10.0. The van der Waals surface area contributed by atoms with Gasteiger partial charge in [-0.05, 0) is 63.5 Å². The van der Waals surface area contributed by atoms with Crippen molar-refractivity contribution >= 4 is 17.7 Å². The van der Waals surface area contributed by atoms with Gasteiger partial charge in [0.05, 0.1) is 11.3 Å². The Morgan fingerprint density at radius 3 is 2.11 bits per heavy atom. The van der Waals surface area contributed by atoms with Crippen LogP contribution in [0.2, 0.25) is 0 Å². The highest BCUT2D eigenvalue weighted by Crippen LogP contribution is 2.33. The Kier molecular flexibility index (Phi) is 7.74. The average molecular weight is 497 g/mol.